The fraction of sp³-hybridized carbons (Fsp3) is 0.600. The highest BCUT2D eigenvalue weighted by Gasteiger charge is 2.34. The van der Waals surface area contributed by atoms with Crippen molar-refractivity contribution >= 4 is 0 Å². The van der Waals surface area contributed by atoms with Crippen LogP contribution in [0, 0.1) is 0 Å². The lowest BCUT2D eigenvalue weighted by Crippen LogP contribution is -2.46. The van der Waals surface area contributed by atoms with Crippen LogP contribution in [0.15, 0.2) is 24.3 Å². The number of piperidine rings is 1. The van der Waals surface area contributed by atoms with Gasteiger partial charge in [-0.3, -0.25) is 4.90 Å². The zero-order valence-corrected chi connectivity index (χ0v) is 11.7. The molecule has 0 spiro atoms. The molecule has 1 fully saturated rings. The molecule has 5 heteroatoms. The van der Waals surface area contributed by atoms with Gasteiger partial charge in [-0.25, -0.2) is 0 Å². The standard InChI is InChI=1S/C15H21F3N2/c1-2-8-20-9-4-7-13(19)14(20)11-5-3-6-12(10-11)15(16,17)18/h3,5-6,10,13-14H,2,4,7-9,19H2,1H3. The Kier molecular flexibility index (Phi) is 4.70. The van der Waals surface area contributed by atoms with Gasteiger partial charge in [-0.05, 0) is 50.0 Å². The third kappa shape index (κ3) is 3.33. The Morgan fingerprint density at radius 1 is 1.35 bits per heavy atom. The maximum absolute atomic E-state index is 12.8. The topological polar surface area (TPSA) is 29.3 Å². The molecular weight excluding hydrogens is 265 g/mol. The first-order valence-electron chi connectivity index (χ1n) is 7.10. The van der Waals surface area contributed by atoms with Gasteiger partial charge in [-0.15, -0.1) is 0 Å². The molecule has 20 heavy (non-hydrogen) atoms. The summed E-state index contributed by atoms with van der Waals surface area (Å²) in [6, 6.07) is 5.39. The minimum atomic E-state index is -4.30. The summed E-state index contributed by atoms with van der Waals surface area (Å²) in [4.78, 5) is 2.21. The lowest BCUT2D eigenvalue weighted by Gasteiger charge is -2.40. The van der Waals surface area contributed by atoms with Crippen LogP contribution in [0.1, 0.15) is 43.4 Å². The lowest BCUT2D eigenvalue weighted by atomic mass is 9.90. The molecule has 1 heterocycles. The Balaban J connectivity index is 2.31. The molecular formula is C15H21F3N2. The van der Waals surface area contributed by atoms with E-state index in [0.29, 0.717) is 5.56 Å². The average molecular weight is 286 g/mol. The first-order chi connectivity index (χ1) is 9.43. The predicted octanol–water partition coefficient (Wildman–Crippen LogP) is 3.58. The Hall–Kier alpha value is -1.07. The molecule has 112 valence electrons. The van der Waals surface area contributed by atoms with E-state index in [4.69, 9.17) is 5.73 Å². The molecule has 1 aromatic carbocycles. The van der Waals surface area contributed by atoms with Gasteiger partial charge >= 0.3 is 6.18 Å². The average Bonchev–Trinajstić information content (AvgIpc) is 2.38. The van der Waals surface area contributed by atoms with Gasteiger partial charge in [0.25, 0.3) is 0 Å². The zero-order chi connectivity index (χ0) is 14.8. The van der Waals surface area contributed by atoms with Crippen molar-refractivity contribution in [1.82, 2.24) is 4.90 Å². The van der Waals surface area contributed by atoms with Gasteiger partial charge < -0.3 is 5.73 Å². The quantitative estimate of drug-likeness (QED) is 0.920. The molecule has 0 bridgehead atoms. The minimum absolute atomic E-state index is 0.0983. The van der Waals surface area contributed by atoms with Gasteiger partial charge in [-0.2, -0.15) is 13.2 Å². The number of hydrogen-bond donors (Lipinski definition) is 1. The molecule has 2 unspecified atom stereocenters. The van der Waals surface area contributed by atoms with Crippen molar-refractivity contribution in [1.29, 1.82) is 0 Å². The van der Waals surface area contributed by atoms with Crippen molar-refractivity contribution in [3.05, 3.63) is 35.4 Å². The maximum Gasteiger partial charge on any atom is 0.416 e. The van der Waals surface area contributed by atoms with Crippen molar-refractivity contribution in [2.75, 3.05) is 13.1 Å². The number of benzene rings is 1. The monoisotopic (exact) mass is 286 g/mol. The molecule has 0 saturated carbocycles. The Labute approximate surface area is 117 Å². The second kappa shape index (κ2) is 6.14. The normalized spacial score (nSPS) is 24.9. The van der Waals surface area contributed by atoms with Crippen LogP contribution in [0.4, 0.5) is 13.2 Å². The summed E-state index contributed by atoms with van der Waals surface area (Å²) >= 11 is 0. The Morgan fingerprint density at radius 3 is 2.75 bits per heavy atom. The van der Waals surface area contributed by atoms with E-state index >= 15 is 0 Å². The molecule has 2 nitrogen and oxygen atoms in total. The zero-order valence-electron chi connectivity index (χ0n) is 11.7. The highest BCUT2D eigenvalue weighted by atomic mass is 19.4. The van der Waals surface area contributed by atoms with Gasteiger partial charge in [0.2, 0.25) is 0 Å². The largest absolute Gasteiger partial charge is 0.416 e. The van der Waals surface area contributed by atoms with Crippen LogP contribution in [0.2, 0.25) is 0 Å². The van der Waals surface area contributed by atoms with Crippen molar-refractivity contribution < 1.29 is 13.2 Å². The first kappa shape index (κ1) is 15.3. The SMILES string of the molecule is CCCN1CCCC(N)C1c1cccc(C(F)(F)F)c1. The van der Waals surface area contributed by atoms with Crippen molar-refractivity contribution in [2.45, 2.75) is 44.4 Å². The predicted molar refractivity (Wildman–Crippen MR) is 73.3 cm³/mol. The molecule has 1 saturated heterocycles. The number of alkyl halides is 3. The summed E-state index contributed by atoms with van der Waals surface area (Å²) in [7, 11) is 0. The second-order valence-corrected chi connectivity index (χ2v) is 5.41. The number of rotatable bonds is 3. The molecule has 0 aromatic heterocycles. The molecule has 1 aromatic rings. The summed E-state index contributed by atoms with van der Waals surface area (Å²) in [6.07, 6.45) is -1.45. The van der Waals surface area contributed by atoms with Crippen molar-refractivity contribution in [2.24, 2.45) is 5.73 Å². The third-order valence-corrected chi connectivity index (χ3v) is 3.85. The number of nitrogens with two attached hydrogens (primary N) is 1. The fourth-order valence-corrected chi connectivity index (χ4v) is 2.99. The number of halogens is 3. The number of hydrogen-bond acceptors (Lipinski definition) is 2. The van der Waals surface area contributed by atoms with Crippen LogP contribution in [0.25, 0.3) is 0 Å². The van der Waals surface area contributed by atoms with Gasteiger partial charge in [0.15, 0.2) is 0 Å². The van der Waals surface area contributed by atoms with Crippen molar-refractivity contribution in [3.8, 4) is 0 Å². The van der Waals surface area contributed by atoms with E-state index in [1.165, 1.54) is 12.1 Å². The second-order valence-electron chi connectivity index (χ2n) is 5.41. The van der Waals surface area contributed by atoms with Gasteiger partial charge in [0.05, 0.1) is 5.56 Å². The van der Waals surface area contributed by atoms with E-state index in [-0.39, 0.29) is 12.1 Å². The van der Waals surface area contributed by atoms with E-state index in [0.717, 1.165) is 38.4 Å². The van der Waals surface area contributed by atoms with Gasteiger partial charge in [0.1, 0.15) is 0 Å². The molecule has 2 rings (SSSR count). The molecule has 0 aliphatic carbocycles. The Morgan fingerprint density at radius 2 is 2.10 bits per heavy atom. The summed E-state index contributed by atoms with van der Waals surface area (Å²) in [5.41, 5.74) is 6.26. The van der Waals surface area contributed by atoms with Crippen LogP contribution < -0.4 is 5.73 Å². The molecule has 1 aliphatic heterocycles. The van der Waals surface area contributed by atoms with Crippen LogP contribution in [0.3, 0.4) is 0 Å². The number of nitrogens with zero attached hydrogens (tertiary/aromatic N) is 1. The van der Waals surface area contributed by atoms with E-state index in [1.54, 1.807) is 6.07 Å². The van der Waals surface area contributed by atoms with Crippen LogP contribution in [0.5, 0.6) is 0 Å². The fourth-order valence-electron chi connectivity index (χ4n) is 2.99. The minimum Gasteiger partial charge on any atom is -0.326 e. The summed E-state index contributed by atoms with van der Waals surface area (Å²) in [5, 5.41) is 0. The van der Waals surface area contributed by atoms with E-state index in [9.17, 15) is 13.2 Å². The molecule has 1 aliphatic rings. The maximum atomic E-state index is 12.8. The Bertz CT molecular complexity index is 443. The van der Waals surface area contributed by atoms with Gasteiger partial charge in [0, 0.05) is 12.1 Å². The first-order valence-corrected chi connectivity index (χ1v) is 7.10. The van der Waals surface area contributed by atoms with E-state index in [1.807, 2.05) is 0 Å². The van der Waals surface area contributed by atoms with E-state index < -0.39 is 11.7 Å². The molecule has 0 radical (unpaired) electrons. The van der Waals surface area contributed by atoms with Crippen LogP contribution in [-0.4, -0.2) is 24.0 Å². The lowest BCUT2D eigenvalue weighted by molar-refractivity contribution is -0.137. The van der Waals surface area contributed by atoms with Crippen molar-refractivity contribution in [3.63, 3.8) is 0 Å². The van der Waals surface area contributed by atoms with Crippen LogP contribution >= 0.6 is 0 Å². The smallest absolute Gasteiger partial charge is 0.326 e. The highest BCUT2D eigenvalue weighted by molar-refractivity contribution is 5.29. The summed E-state index contributed by atoms with van der Waals surface area (Å²) in [5.74, 6) is 0. The summed E-state index contributed by atoms with van der Waals surface area (Å²) in [6.45, 7) is 3.85. The van der Waals surface area contributed by atoms with Gasteiger partial charge in [-0.1, -0.05) is 19.1 Å². The molecule has 2 atom stereocenters. The highest BCUT2D eigenvalue weighted by Crippen LogP contribution is 2.34. The third-order valence-electron chi connectivity index (χ3n) is 3.85. The molecule has 2 N–H and O–H groups in total. The van der Waals surface area contributed by atoms with E-state index in [2.05, 4.69) is 11.8 Å². The number of likely N-dealkylation sites (tertiary alicyclic amines) is 1. The van der Waals surface area contributed by atoms with Crippen LogP contribution in [-0.2, 0) is 6.18 Å². The molecule has 0 amide bonds. The summed E-state index contributed by atoms with van der Waals surface area (Å²) < 4.78 is 38.5.